The SMILES string of the molecule is CN(Cc1nc(-c2cccnc2)no1)c1c(N)n(Cc2ccccc2)c(=O)[nH]c1=O. The molecule has 152 valence electrons. The van der Waals surface area contributed by atoms with Gasteiger partial charge >= 0.3 is 5.69 Å². The summed E-state index contributed by atoms with van der Waals surface area (Å²) in [4.78, 5) is 37.0. The second-order valence-corrected chi connectivity index (χ2v) is 6.67. The highest BCUT2D eigenvalue weighted by atomic mass is 16.5. The predicted octanol–water partition coefficient (Wildman–Crippen LogP) is 1.25. The molecule has 0 radical (unpaired) electrons. The topological polar surface area (TPSA) is 136 Å². The fourth-order valence-electron chi connectivity index (χ4n) is 3.08. The van der Waals surface area contributed by atoms with Gasteiger partial charge < -0.3 is 15.2 Å². The van der Waals surface area contributed by atoms with Crippen molar-refractivity contribution in [3.05, 3.63) is 87.2 Å². The summed E-state index contributed by atoms with van der Waals surface area (Å²) in [5.74, 6) is 0.737. The van der Waals surface area contributed by atoms with Crippen molar-refractivity contribution < 1.29 is 4.52 Å². The number of nitrogen functional groups attached to an aromatic ring is 1. The molecule has 3 N–H and O–H groups in total. The quantitative estimate of drug-likeness (QED) is 0.489. The lowest BCUT2D eigenvalue weighted by Gasteiger charge is -2.20. The Morgan fingerprint density at radius 2 is 1.97 bits per heavy atom. The number of hydrogen-bond acceptors (Lipinski definition) is 8. The predicted molar refractivity (Wildman–Crippen MR) is 111 cm³/mol. The van der Waals surface area contributed by atoms with Crippen molar-refractivity contribution in [1.29, 1.82) is 0 Å². The summed E-state index contributed by atoms with van der Waals surface area (Å²) in [6.45, 7) is 0.360. The second-order valence-electron chi connectivity index (χ2n) is 6.67. The number of rotatable bonds is 6. The Bertz CT molecular complexity index is 1260. The minimum atomic E-state index is -0.587. The molecule has 0 aliphatic carbocycles. The lowest BCUT2D eigenvalue weighted by molar-refractivity contribution is 0.378. The van der Waals surface area contributed by atoms with Gasteiger partial charge in [0.2, 0.25) is 11.7 Å². The molecule has 0 spiro atoms. The molecule has 4 aromatic rings. The first-order valence-electron chi connectivity index (χ1n) is 9.13. The fourth-order valence-corrected chi connectivity index (χ4v) is 3.08. The Morgan fingerprint density at radius 1 is 1.17 bits per heavy atom. The highest BCUT2D eigenvalue weighted by molar-refractivity contribution is 5.62. The van der Waals surface area contributed by atoms with E-state index in [1.807, 2.05) is 36.4 Å². The van der Waals surface area contributed by atoms with Crippen LogP contribution in [0, 0.1) is 0 Å². The van der Waals surface area contributed by atoms with Crippen LogP contribution < -0.4 is 21.9 Å². The molecule has 0 bridgehead atoms. The zero-order valence-electron chi connectivity index (χ0n) is 16.1. The summed E-state index contributed by atoms with van der Waals surface area (Å²) in [5, 5.41) is 3.94. The number of hydrogen-bond donors (Lipinski definition) is 2. The average molecular weight is 405 g/mol. The van der Waals surface area contributed by atoms with E-state index in [4.69, 9.17) is 10.3 Å². The van der Waals surface area contributed by atoms with Crippen LogP contribution in [0.2, 0.25) is 0 Å². The molecule has 0 saturated carbocycles. The lowest BCUT2D eigenvalue weighted by atomic mass is 10.2. The Labute approximate surface area is 170 Å². The Kier molecular flexibility index (Phi) is 5.12. The van der Waals surface area contributed by atoms with Crippen LogP contribution in [0.4, 0.5) is 11.5 Å². The molecule has 0 atom stereocenters. The van der Waals surface area contributed by atoms with E-state index in [2.05, 4.69) is 20.1 Å². The number of H-pyrrole nitrogens is 1. The number of nitrogens with zero attached hydrogens (tertiary/aromatic N) is 5. The highest BCUT2D eigenvalue weighted by Crippen LogP contribution is 2.19. The third-order valence-electron chi connectivity index (χ3n) is 4.54. The van der Waals surface area contributed by atoms with Gasteiger partial charge in [0.1, 0.15) is 11.5 Å². The van der Waals surface area contributed by atoms with E-state index in [0.717, 1.165) is 5.56 Å². The Balaban J connectivity index is 1.62. The highest BCUT2D eigenvalue weighted by Gasteiger charge is 2.19. The van der Waals surface area contributed by atoms with Crippen LogP contribution in [-0.4, -0.2) is 31.7 Å². The van der Waals surface area contributed by atoms with Crippen molar-refractivity contribution in [1.82, 2.24) is 24.7 Å². The summed E-state index contributed by atoms with van der Waals surface area (Å²) in [5.41, 5.74) is 6.79. The van der Waals surface area contributed by atoms with Crippen LogP contribution in [0.5, 0.6) is 0 Å². The maximum atomic E-state index is 12.5. The van der Waals surface area contributed by atoms with Gasteiger partial charge in [-0.25, -0.2) is 4.79 Å². The van der Waals surface area contributed by atoms with Crippen LogP contribution >= 0.6 is 0 Å². The van der Waals surface area contributed by atoms with Crippen LogP contribution in [0.15, 0.2) is 69.0 Å². The molecule has 3 aromatic heterocycles. The number of pyridine rings is 1. The van der Waals surface area contributed by atoms with Crippen molar-refractivity contribution in [2.45, 2.75) is 13.1 Å². The second kappa shape index (κ2) is 8.03. The van der Waals surface area contributed by atoms with Crippen molar-refractivity contribution in [3.8, 4) is 11.4 Å². The fraction of sp³-hybridized carbons (Fsp3) is 0.150. The molecule has 0 aliphatic rings. The number of nitrogens with two attached hydrogens (primary N) is 1. The molecule has 3 heterocycles. The molecule has 0 unspecified atom stereocenters. The van der Waals surface area contributed by atoms with Crippen LogP contribution in [0.3, 0.4) is 0 Å². The van der Waals surface area contributed by atoms with Gasteiger partial charge in [-0.15, -0.1) is 0 Å². The van der Waals surface area contributed by atoms with Gasteiger partial charge in [0.15, 0.2) is 0 Å². The Morgan fingerprint density at radius 3 is 2.70 bits per heavy atom. The van der Waals surface area contributed by atoms with Crippen LogP contribution in [-0.2, 0) is 13.1 Å². The molecule has 10 nitrogen and oxygen atoms in total. The number of nitrogens with one attached hydrogen (secondary N) is 1. The van der Waals surface area contributed by atoms with E-state index < -0.39 is 11.2 Å². The lowest BCUT2D eigenvalue weighted by Crippen LogP contribution is -2.37. The Hall–Kier alpha value is -4.21. The first-order chi connectivity index (χ1) is 14.5. The summed E-state index contributed by atoms with van der Waals surface area (Å²) >= 11 is 0. The summed E-state index contributed by atoms with van der Waals surface area (Å²) < 4.78 is 6.61. The van der Waals surface area contributed by atoms with Gasteiger partial charge in [0.25, 0.3) is 5.56 Å². The normalized spacial score (nSPS) is 10.8. The summed E-state index contributed by atoms with van der Waals surface area (Å²) in [6, 6.07) is 12.9. The number of anilines is 2. The molecule has 1 aromatic carbocycles. The molecule has 4 rings (SSSR count). The third kappa shape index (κ3) is 3.83. The first kappa shape index (κ1) is 19.1. The smallest absolute Gasteiger partial charge is 0.330 e. The molecule has 0 saturated heterocycles. The monoisotopic (exact) mass is 405 g/mol. The van der Waals surface area contributed by atoms with E-state index in [0.29, 0.717) is 11.4 Å². The zero-order valence-corrected chi connectivity index (χ0v) is 16.1. The van der Waals surface area contributed by atoms with Crippen molar-refractivity contribution in [2.24, 2.45) is 0 Å². The van der Waals surface area contributed by atoms with E-state index in [1.54, 1.807) is 30.4 Å². The number of aromatic amines is 1. The summed E-state index contributed by atoms with van der Waals surface area (Å²) in [6.07, 6.45) is 3.28. The van der Waals surface area contributed by atoms with Gasteiger partial charge in [0.05, 0.1) is 13.1 Å². The molecule has 30 heavy (non-hydrogen) atoms. The van der Waals surface area contributed by atoms with Crippen LogP contribution in [0.1, 0.15) is 11.5 Å². The minimum absolute atomic E-state index is 0.0575. The first-order valence-corrected chi connectivity index (χ1v) is 9.13. The van der Waals surface area contributed by atoms with E-state index in [1.165, 1.54) is 4.57 Å². The number of aromatic nitrogens is 5. The average Bonchev–Trinajstić information content (AvgIpc) is 3.21. The zero-order chi connectivity index (χ0) is 21.1. The maximum Gasteiger partial charge on any atom is 0.330 e. The molecular formula is C20H19N7O3. The van der Waals surface area contributed by atoms with E-state index in [9.17, 15) is 9.59 Å². The standard InChI is InChI=1S/C20H19N7O3/c1-26(12-15-23-18(25-30-15)14-8-5-9-22-10-14)16-17(21)27(20(29)24-19(16)28)11-13-6-3-2-4-7-13/h2-10H,11-12,21H2,1H3,(H,24,28,29). The van der Waals surface area contributed by atoms with Crippen LogP contribution in [0.25, 0.3) is 11.4 Å². The largest absolute Gasteiger partial charge is 0.383 e. The summed E-state index contributed by atoms with van der Waals surface area (Å²) in [7, 11) is 1.66. The van der Waals surface area contributed by atoms with Gasteiger partial charge in [-0.3, -0.25) is 19.3 Å². The van der Waals surface area contributed by atoms with Gasteiger partial charge in [-0.2, -0.15) is 4.98 Å². The van der Waals surface area contributed by atoms with Crippen molar-refractivity contribution in [3.63, 3.8) is 0 Å². The molecular weight excluding hydrogens is 386 g/mol. The molecule has 0 aliphatic heterocycles. The van der Waals surface area contributed by atoms with Crippen molar-refractivity contribution >= 4 is 11.5 Å². The molecule has 0 fully saturated rings. The molecule has 10 heteroatoms. The van der Waals surface area contributed by atoms with E-state index >= 15 is 0 Å². The van der Waals surface area contributed by atoms with E-state index in [-0.39, 0.29) is 30.5 Å². The van der Waals surface area contributed by atoms with Gasteiger partial charge in [-0.1, -0.05) is 35.5 Å². The maximum absolute atomic E-state index is 12.5. The molecule has 0 amide bonds. The number of benzene rings is 1. The van der Waals surface area contributed by atoms with Crippen molar-refractivity contribution in [2.75, 3.05) is 17.7 Å². The van der Waals surface area contributed by atoms with Gasteiger partial charge in [0, 0.05) is 25.0 Å². The minimum Gasteiger partial charge on any atom is -0.383 e. The van der Waals surface area contributed by atoms with Gasteiger partial charge in [-0.05, 0) is 17.7 Å². The third-order valence-corrected chi connectivity index (χ3v) is 4.54.